The van der Waals surface area contributed by atoms with Gasteiger partial charge in [-0.2, -0.15) is 0 Å². The fourth-order valence-electron chi connectivity index (χ4n) is 5.06. The third-order valence-electron chi connectivity index (χ3n) is 6.95. The number of nitrogens with one attached hydrogen (secondary N) is 2. The van der Waals surface area contributed by atoms with E-state index >= 15 is 0 Å². The second-order valence-electron chi connectivity index (χ2n) is 8.78. The average molecular weight is 436 g/mol. The van der Waals surface area contributed by atoms with Gasteiger partial charge in [-0.15, -0.1) is 0 Å². The lowest BCUT2D eigenvalue weighted by molar-refractivity contribution is 0.0958. The van der Waals surface area contributed by atoms with E-state index in [1.807, 2.05) is 23.6 Å². The Kier molecular flexibility index (Phi) is 5.42. The molecule has 0 saturated carbocycles. The summed E-state index contributed by atoms with van der Waals surface area (Å²) in [5, 5.41) is 2.60. The summed E-state index contributed by atoms with van der Waals surface area (Å²) in [4.78, 5) is 40.7. The second-order valence-corrected chi connectivity index (χ2v) is 8.78. The lowest BCUT2D eigenvalue weighted by Gasteiger charge is -2.37. The molecule has 0 aliphatic carbocycles. The summed E-state index contributed by atoms with van der Waals surface area (Å²) < 4.78 is 1.90. The third kappa shape index (κ3) is 3.77. The fraction of sp³-hybridized carbons (Fsp3) is 0.478. The molecule has 1 amide bonds. The highest BCUT2D eigenvalue weighted by Crippen LogP contribution is 2.30. The normalized spacial score (nSPS) is 20.2. The topological polar surface area (TPSA) is 98.6 Å². The lowest BCUT2D eigenvalue weighted by atomic mass is 10.0. The van der Waals surface area contributed by atoms with E-state index in [0.717, 1.165) is 62.6 Å². The molecule has 168 valence electrons. The quantitative estimate of drug-likeness (QED) is 0.645. The summed E-state index contributed by atoms with van der Waals surface area (Å²) >= 11 is 0. The van der Waals surface area contributed by atoms with Crippen LogP contribution in [0.1, 0.15) is 47.2 Å². The molecule has 5 heterocycles. The van der Waals surface area contributed by atoms with E-state index in [1.54, 1.807) is 25.5 Å². The number of hydrogen-bond acceptors (Lipinski definition) is 6. The second kappa shape index (κ2) is 8.38. The van der Waals surface area contributed by atoms with Gasteiger partial charge in [-0.25, -0.2) is 9.97 Å². The van der Waals surface area contributed by atoms with Gasteiger partial charge in [-0.05, 0) is 44.9 Å². The number of aromatic nitrogens is 4. The summed E-state index contributed by atoms with van der Waals surface area (Å²) in [5.74, 6) is 1.02. The molecule has 0 radical (unpaired) electrons. The van der Waals surface area contributed by atoms with Crippen LogP contribution in [0.4, 0.5) is 5.69 Å². The van der Waals surface area contributed by atoms with Crippen molar-refractivity contribution >= 4 is 17.1 Å². The number of amides is 1. The molecular weight excluding hydrogens is 406 g/mol. The zero-order valence-corrected chi connectivity index (χ0v) is 18.5. The number of rotatable bonds is 4. The molecule has 0 aromatic carbocycles. The fourth-order valence-corrected chi connectivity index (χ4v) is 5.06. The minimum atomic E-state index is -0.164. The van der Waals surface area contributed by atoms with Crippen molar-refractivity contribution in [3.05, 3.63) is 58.3 Å². The van der Waals surface area contributed by atoms with E-state index in [4.69, 9.17) is 0 Å². The van der Waals surface area contributed by atoms with Gasteiger partial charge >= 0.3 is 0 Å². The number of anilines is 1. The van der Waals surface area contributed by atoms with E-state index in [-0.39, 0.29) is 11.5 Å². The molecule has 9 heteroatoms. The number of carbonyl (C=O) groups is 1. The molecule has 2 aliphatic heterocycles. The van der Waals surface area contributed by atoms with Crippen molar-refractivity contribution < 1.29 is 4.79 Å². The van der Waals surface area contributed by atoms with Gasteiger partial charge in [0.2, 0.25) is 0 Å². The summed E-state index contributed by atoms with van der Waals surface area (Å²) in [7, 11) is 1.61. The van der Waals surface area contributed by atoms with Crippen LogP contribution in [0.5, 0.6) is 0 Å². The molecule has 3 aromatic rings. The van der Waals surface area contributed by atoms with Gasteiger partial charge in [0.1, 0.15) is 17.0 Å². The van der Waals surface area contributed by atoms with E-state index in [1.165, 1.54) is 0 Å². The maximum absolute atomic E-state index is 12.4. The van der Waals surface area contributed by atoms with Crippen LogP contribution in [0, 0.1) is 6.92 Å². The van der Waals surface area contributed by atoms with Crippen LogP contribution in [-0.2, 0) is 0 Å². The Morgan fingerprint density at radius 1 is 1.12 bits per heavy atom. The molecule has 3 aromatic heterocycles. The predicted molar refractivity (Wildman–Crippen MR) is 122 cm³/mol. The minimum absolute atomic E-state index is 0.0640. The number of likely N-dealkylation sites (tertiary alicyclic amines) is 1. The smallest absolute Gasteiger partial charge is 0.274 e. The zero-order valence-electron chi connectivity index (χ0n) is 18.5. The maximum Gasteiger partial charge on any atom is 0.274 e. The molecule has 2 fully saturated rings. The van der Waals surface area contributed by atoms with E-state index in [9.17, 15) is 9.59 Å². The monoisotopic (exact) mass is 435 g/mol. The van der Waals surface area contributed by atoms with E-state index in [0.29, 0.717) is 23.2 Å². The maximum atomic E-state index is 12.4. The highest BCUT2D eigenvalue weighted by atomic mass is 16.1. The highest BCUT2D eigenvalue weighted by Gasteiger charge is 2.32. The van der Waals surface area contributed by atoms with Crippen LogP contribution in [0.25, 0.3) is 5.52 Å². The molecular formula is C23H29N7O2. The molecule has 2 saturated heterocycles. The van der Waals surface area contributed by atoms with E-state index in [2.05, 4.69) is 30.1 Å². The molecule has 0 bridgehead atoms. The van der Waals surface area contributed by atoms with Gasteiger partial charge in [0.25, 0.3) is 11.5 Å². The molecule has 9 nitrogen and oxygen atoms in total. The third-order valence-corrected chi connectivity index (χ3v) is 6.95. The molecule has 2 aliphatic rings. The first-order chi connectivity index (χ1) is 15.5. The number of imidazole rings is 1. The largest absolute Gasteiger partial charge is 0.370 e. The van der Waals surface area contributed by atoms with Crippen molar-refractivity contribution in [2.24, 2.45) is 0 Å². The SMILES string of the molecule is CNC(=O)c1ccc(N2CCC(N3CCC(c4cn5c(C)ncc5c(=O)[nH]4)C3)CC2)cn1. The van der Waals surface area contributed by atoms with Crippen molar-refractivity contribution in [2.45, 2.75) is 38.1 Å². The Balaban J connectivity index is 1.21. The van der Waals surface area contributed by atoms with Crippen LogP contribution < -0.4 is 15.8 Å². The number of piperidine rings is 1. The standard InChI is InChI=1S/C23H29N7O2/c1-15-25-12-21-23(32)27-20(14-30(15)21)16-5-8-29(13-16)17-6-9-28(10-7-17)18-3-4-19(26-11-18)22(31)24-2/h3-4,11-12,14,16-17H,5-10,13H2,1-2H3,(H,24,31)(H,27,32). The van der Waals surface area contributed by atoms with Gasteiger partial charge in [0.15, 0.2) is 0 Å². The number of aromatic amines is 1. The van der Waals surface area contributed by atoms with Crippen molar-refractivity contribution in [2.75, 3.05) is 38.1 Å². The number of aryl methyl sites for hydroxylation is 1. The van der Waals surface area contributed by atoms with Crippen molar-refractivity contribution in [3.63, 3.8) is 0 Å². The van der Waals surface area contributed by atoms with Crippen molar-refractivity contribution in [3.8, 4) is 0 Å². The molecule has 2 N–H and O–H groups in total. The summed E-state index contributed by atoms with van der Waals surface area (Å²) in [5.41, 5.74) is 3.05. The predicted octanol–water partition coefficient (Wildman–Crippen LogP) is 1.54. The molecule has 5 rings (SSSR count). The number of pyridine rings is 1. The van der Waals surface area contributed by atoms with Gasteiger partial charge in [-0.3, -0.25) is 18.9 Å². The van der Waals surface area contributed by atoms with Gasteiger partial charge in [0.05, 0.1) is 18.1 Å². The Bertz CT molecular complexity index is 1180. The number of hydrogen-bond donors (Lipinski definition) is 2. The summed E-state index contributed by atoms with van der Waals surface area (Å²) in [6.07, 6.45) is 8.72. The molecule has 1 unspecified atom stereocenters. The zero-order chi connectivity index (χ0) is 22.2. The lowest BCUT2D eigenvalue weighted by Crippen LogP contribution is -2.44. The molecule has 1 atom stereocenters. The van der Waals surface area contributed by atoms with Crippen LogP contribution in [0.15, 0.2) is 35.5 Å². The Morgan fingerprint density at radius 2 is 1.94 bits per heavy atom. The Hall–Kier alpha value is -3.20. The van der Waals surface area contributed by atoms with Crippen molar-refractivity contribution in [1.82, 2.24) is 29.6 Å². The molecule has 0 spiro atoms. The Morgan fingerprint density at radius 3 is 2.66 bits per heavy atom. The van der Waals surface area contributed by atoms with Crippen molar-refractivity contribution in [1.29, 1.82) is 0 Å². The first kappa shape index (κ1) is 20.7. The summed E-state index contributed by atoms with van der Waals surface area (Å²) in [6.45, 7) is 5.91. The Labute approximate surface area is 186 Å². The van der Waals surface area contributed by atoms with E-state index < -0.39 is 0 Å². The molecule has 32 heavy (non-hydrogen) atoms. The minimum Gasteiger partial charge on any atom is -0.370 e. The van der Waals surface area contributed by atoms with Crippen LogP contribution in [-0.4, -0.2) is 69.4 Å². The van der Waals surface area contributed by atoms with Gasteiger partial charge in [0, 0.05) is 50.5 Å². The summed E-state index contributed by atoms with van der Waals surface area (Å²) in [6, 6.07) is 4.32. The number of H-pyrrole nitrogens is 1. The van der Waals surface area contributed by atoms with Crippen LogP contribution in [0.3, 0.4) is 0 Å². The average Bonchev–Trinajstić information content (AvgIpc) is 3.47. The van der Waals surface area contributed by atoms with Crippen LogP contribution in [0.2, 0.25) is 0 Å². The first-order valence-corrected chi connectivity index (χ1v) is 11.3. The number of nitrogens with zero attached hydrogens (tertiary/aromatic N) is 5. The van der Waals surface area contributed by atoms with Gasteiger partial charge in [-0.1, -0.05) is 0 Å². The number of fused-ring (bicyclic) bond motifs is 1. The van der Waals surface area contributed by atoms with Gasteiger partial charge < -0.3 is 15.2 Å². The first-order valence-electron chi connectivity index (χ1n) is 11.3. The number of carbonyl (C=O) groups excluding carboxylic acids is 1. The highest BCUT2D eigenvalue weighted by molar-refractivity contribution is 5.92. The van der Waals surface area contributed by atoms with Crippen LogP contribution >= 0.6 is 0 Å².